The molecule has 0 spiro atoms. The molecule has 0 aromatic heterocycles. The van der Waals surface area contributed by atoms with Crippen molar-refractivity contribution in [3.63, 3.8) is 0 Å². The van der Waals surface area contributed by atoms with Crippen LogP contribution in [0.4, 0.5) is 0 Å². The van der Waals surface area contributed by atoms with Crippen LogP contribution >= 0.6 is 0 Å². The molecule has 2 N–H and O–H groups in total. The Balaban J connectivity index is 1.63. The van der Waals surface area contributed by atoms with E-state index < -0.39 is 24.4 Å². The number of aliphatic hydroxyl groups is 2. The Morgan fingerprint density at radius 1 is 0.667 bits per heavy atom. The van der Waals surface area contributed by atoms with Crippen LogP contribution in [0.2, 0.25) is 0 Å². The molecule has 4 atom stereocenters. The van der Waals surface area contributed by atoms with Crippen LogP contribution < -0.4 is 0 Å². The van der Waals surface area contributed by atoms with Crippen molar-refractivity contribution >= 4 is 6.29 Å². The predicted molar refractivity (Wildman–Crippen MR) is 124 cm³/mol. The summed E-state index contributed by atoms with van der Waals surface area (Å²) in [6, 6.07) is 28.3. The van der Waals surface area contributed by atoms with E-state index in [0.29, 0.717) is 12.9 Å². The lowest BCUT2D eigenvalue weighted by Gasteiger charge is -2.30. The van der Waals surface area contributed by atoms with E-state index in [4.69, 9.17) is 14.2 Å². The zero-order chi connectivity index (χ0) is 23.3. The predicted octanol–water partition coefficient (Wildman–Crippen LogP) is 3.29. The molecule has 6 heteroatoms. The minimum Gasteiger partial charge on any atom is -0.388 e. The third-order valence-electron chi connectivity index (χ3n) is 5.16. The van der Waals surface area contributed by atoms with Crippen molar-refractivity contribution in [2.24, 2.45) is 0 Å². The maximum atomic E-state index is 11.7. The van der Waals surface area contributed by atoms with Gasteiger partial charge in [-0.2, -0.15) is 0 Å². The summed E-state index contributed by atoms with van der Waals surface area (Å²) in [5.41, 5.74) is 2.70. The molecule has 0 fully saturated rings. The monoisotopic (exact) mass is 450 g/mol. The maximum Gasteiger partial charge on any atom is 0.151 e. The van der Waals surface area contributed by atoms with Gasteiger partial charge in [0, 0.05) is 0 Å². The average Bonchev–Trinajstić information content (AvgIpc) is 2.86. The van der Waals surface area contributed by atoms with Gasteiger partial charge in [-0.1, -0.05) is 91.0 Å². The van der Waals surface area contributed by atoms with Gasteiger partial charge in [0.1, 0.15) is 24.4 Å². The summed E-state index contributed by atoms with van der Waals surface area (Å²) in [5, 5.41) is 21.7. The summed E-state index contributed by atoms with van der Waals surface area (Å²) in [7, 11) is 0. The number of aldehydes is 1. The SMILES string of the molecule is O=C[C@H](OCc1ccccc1)[C@H](O)[C@H](OCc1ccccc1)[C@H](O)COCc1ccccc1. The van der Waals surface area contributed by atoms with E-state index in [1.54, 1.807) is 0 Å². The van der Waals surface area contributed by atoms with Crippen molar-refractivity contribution in [2.45, 2.75) is 44.2 Å². The summed E-state index contributed by atoms with van der Waals surface area (Å²) >= 11 is 0. The van der Waals surface area contributed by atoms with E-state index in [-0.39, 0.29) is 19.8 Å². The molecular formula is C27H30O6. The number of aliphatic hydroxyl groups excluding tert-OH is 2. The molecule has 0 aliphatic heterocycles. The summed E-state index contributed by atoms with van der Waals surface area (Å²) in [6.45, 7) is 0.534. The van der Waals surface area contributed by atoms with Crippen LogP contribution in [-0.2, 0) is 38.8 Å². The van der Waals surface area contributed by atoms with Crippen molar-refractivity contribution < 1.29 is 29.2 Å². The summed E-state index contributed by atoms with van der Waals surface area (Å²) in [6.07, 6.45) is -4.29. The van der Waals surface area contributed by atoms with E-state index in [1.807, 2.05) is 91.0 Å². The van der Waals surface area contributed by atoms with Crippen molar-refractivity contribution in [1.29, 1.82) is 0 Å². The average molecular weight is 451 g/mol. The van der Waals surface area contributed by atoms with E-state index in [1.165, 1.54) is 0 Å². The molecule has 3 aromatic rings. The van der Waals surface area contributed by atoms with Crippen molar-refractivity contribution in [2.75, 3.05) is 6.61 Å². The first-order chi connectivity index (χ1) is 16.2. The molecule has 0 heterocycles. The topological polar surface area (TPSA) is 85.2 Å². The first-order valence-corrected chi connectivity index (χ1v) is 10.9. The van der Waals surface area contributed by atoms with Gasteiger partial charge in [-0.25, -0.2) is 0 Å². The minimum absolute atomic E-state index is 0.0737. The largest absolute Gasteiger partial charge is 0.388 e. The Bertz CT molecular complexity index is 919. The first kappa shape index (κ1) is 24.8. The molecule has 3 rings (SSSR count). The van der Waals surface area contributed by atoms with Crippen molar-refractivity contribution in [1.82, 2.24) is 0 Å². The molecule has 0 aliphatic carbocycles. The van der Waals surface area contributed by atoms with E-state index in [2.05, 4.69) is 0 Å². The molecule has 0 saturated heterocycles. The zero-order valence-electron chi connectivity index (χ0n) is 18.4. The summed E-state index contributed by atoms with van der Waals surface area (Å²) < 4.78 is 17.2. The molecule has 0 radical (unpaired) electrons. The van der Waals surface area contributed by atoms with Crippen LogP contribution in [0.5, 0.6) is 0 Å². The molecule has 174 valence electrons. The van der Waals surface area contributed by atoms with Crippen LogP contribution in [0.25, 0.3) is 0 Å². The lowest BCUT2D eigenvalue weighted by Crippen LogP contribution is -2.49. The smallest absolute Gasteiger partial charge is 0.151 e. The van der Waals surface area contributed by atoms with E-state index in [9.17, 15) is 15.0 Å². The van der Waals surface area contributed by atoms with Gasteiger partial charge in [0.2, 0.25) is 0 Å². The molecule has 33 heavy (non-hydrogen) atoms. The fraction of sp³-hybridized carbons (Fsp3) is 0.296. The molecule has 0 bridgehead atoms. The Kier molecular flexibility index (Phi) is 10.2. The van der Waals surface area contributed by atoms with Crippen LogP contribution in [-0.4, -0.2) is 47.5 Å². The molecule has 0 aliphatic rings. The lowest BCUT2D eigenvalue weighted by atomic mass is 10.0. The number of carbonyl (C=O) groups excluding carboxylic acids is 1. The first-order valence-electron chi connectivity index (χ1n) is 10.9. The van der Waals surface area contributed by atoms with Crippen molar-refractivity contribution in [3.8, 4) is 0 Å². The van der Waals surface area contributed by atoms with Gasteiger partial charge in [0.25, 0.3) is 0 Å². The van der Waals surface area contributed by atoms with Gasteiger partial charge < -0.3 is 29.2 Å². The zero-order valence-corrected chi connectivity index (χ0v) is 18.4. The highest BCUT2D eigenvalue weighted by Gasteiger charge is 2.34. The Labute approximate surface area is 194 Å². The van der Waals surface area contributed by atoms with Crippen molar-refractivity contribution in [3.05, 3.63) is 108 Å². The third-order valence-corrected chi connectivity index (χ3v) is 5.16. The highest BCUT2D eigenvalue weighted by Crippen LogP contribution is 2.16. The second-order valence-electron chi connectivity index (χ2n) is 7.72. The second kappa shape index (κ2) is 13.6. The number of hydrogen-bond donors (Lipinski definition) is 2. The lowest BCUT2D eigenvalue weighted by molar-refractivity contribution is -0.167. The Morgan fingerprint density at radius 3 is 1.61 bits per heavy atom. The van der Waals surface area contributed by atoms with Gasteiger partial charge in [-0.15, -0.1) is 0 Å². The van der Waals surface area contributed by atoms with E-state index in [0.717, 1.165) is 16.7 Å². The van der Waals surface area contributed by atoms with Gasteiger partial charge in [-0.3, -0.25) is 0 Å². The standard InChI is InChI=1S/C27H30O6/c28-16-25(32-18-22-12-6-2-7-13-22)26(30)27(33-19-23-14-8-3-9-15-23)24(29)20-31-17-21-10-4-1-5-11-21/h1-16,24-27,29-30H,17-20H2/t24-,25+,26+,27-/m1/s1. The van der Waals surface area contributed by atoms with Gasteiger partial charge in [-0.05, 0) is 16.7 Å². The summed E-state index contributed by atoms with van der Waals surface area (Å²) in [4.78, 5) is 11.7. The minimum atomic E-state index is -1.38. The molecule has 6 nitrogen and oxygen atoms in total. The second-order valence-corrected chi connectivity index (χ2v) is 7.72. The quantitative estimate of drug-likeness (QED) is 0.367. The fourth-order valence-corrected chi connectivity index (χ4v) is 3.34. The number of carbonyl (C=O) groups is 1. The molecule has 0 unspecified atom stereocenters. The molecule has 3 aromatic carbocycles. The summed E-state index contributed by atoms with van der Waals surface area (Å²) in [5.74, 6) is 0. The van der Waals surface area contributed by atoms with E-state index >= 15 is 0 Å². The van der Waals surface area contributed by atoms with Crippen LogP contribution in [0.1, 0.15) is 16.7 Å². The number of benzene rings is 3. The molecule has 0 saturated carbocycles. The normalized spacial score (nSPS) is 14.8. The van der Waals surface area contributed by atoms with Crippen LogP contribution in [0.3, 0.4) is 0 Å². The fourth-order valence-electron chi connectivity index (χ4n) is 3.34. The number of ether oxygens (including phenoxy) is 3. The van der Waals surface area contributed by atoms with Crippen LogP contribution in [0.15, 0.2) is 91.0 Å². The van der Waals surface area contributed by atoms with Crippen LogP contribution in [0, 0.1) is 0 Å². The number of rotatable bonds is 14. The van der Waals surface area contributed by atoms with Gasteiger partial charge in [0.05, 0.1) is 26.4 Å². The third kappa shape index (κ3) is 8.20. The highest BCUT2D eigenvalue weighted by atomic mass is 16.5. The molecule has 0 amide bonds. The number of hydrogen-bond acceptors (Lipinski definition) is 6. The Morgan fingerprint density at radius 2 is 1.12 bits per heavy atom. The highest BCUT2D eigenvalue weighted by molar-refractivity contribution is 5.57. The van der Waals surface area contributed by atoms with Gasteiger partial charge in [0.15, 0.2) is 6.29 Å². The molecular weight excluding hydrogens is 420 g/mol. The van der Waals surface area contributed by atoms with Gasteiger partial charge >= 0.3 is 0 Å². The maximum absolute atomic E-state index is 11.7. The Hall–Kier alpha value is -2.87.